The Labute approximate surface area is 159 Å². The van der Waals surface area contributed by atoms with Crippen molar-refractivity contribution >= 4 is 35.5 Å². The zero-order valence-corrected chi connectivity index (χ0v) is 15.5. The highest BCUT2D eigenvalue weighted by molar-refractivity contribution is 8.00. The molecule has 1 aromatic rings. The number of carboxylic acid groups (broad SMARTS) is 1. The van der Waals surface area contributed by atoms with Crippen molar-refractivity contribution in [3.8, 4) is 0 Å². The number of nitrogens with one attached hydrogen (secondary N) is 1. The molecule has 1 saturated heterocycles. The lowest BCUT2D eigenvalue weighted by atomic mass is 10.0. The van der Waals surface area contributed by atoms with Crippen molar-refractivity contribution in [2.24, 2.45) is 0 Å². The Hall–Kier alpha value is -2.81. The van der Waals surface area contributed by atoms with E-state index in [1.807, 2.05) is 6.07 Å². The van der Waals surface area contributed by atoms with Crippen LogP contribution in [0.4, 0.5) is 0 Å². The topological polar surface area (TPSA) is 113 Å². The van der Waals surface area contributed by atoms with E-state index in [1.54, 1.807) is 25.1 Å². The monoisotopic (exact) mass is 390 g/mol. The number of carboxylic acids is 1. The summed E-state index contributed by atoms with van der Waals surface area (Å²) < 4.78 is 4.89. The summed E-state index contributed by atoms with van der Waals surface area (Å²) >= 11 is 1.32. The second kappa shape index (κ2) is 7.43. The van der Waals surface area contributed by atoms with Crippen molar-refractivity contribution in [3.63, 3.8) is 0 Å². The number of β-lactam (4-membered cyclic amide) rings is 1. The summed E-state index contributed by atoms with van der Waals surface area (Å²) in [6, 6.07) is 6.21. The Kier molecular flexibility index (Phi) is 5.22. The van der Waals surface area contributed by atoms with E-state index in [0.717, 1.165) is 10.5 Å². The number of ether oxygens (including phenoxy) is 1. The van der Waals surface area contributed by atoms with Gasteiger partial charge in [0, 0.05) is 23.8 Å². The van der Waals surface area contributed by atoms with Gasteiger partial charge < -0.3 is 15.2 Å². The predicted octanol–water partition coefficient (Wildman–Crippen LogP) is 0.910. The Morgan fingerprint density at radius 1 is 1.33 bits per heavy atom. The Balaban J connectivity index is 1.77. The zero-order chi connectivity index (χ0) is 19.7. The highest BCUT2D eigenvalue weighted by Crippen LogP contribution is 2.40. The molecule has 2 aliphatic rings. The summed E-state index contributed by atoms with van der Waals surface area (Å²) in [7, 11) is 0. The van der Waals surface area contributed by atoms with E-state index in [2.05, 4.69) is 5.32 Å². The molecule has 3 rings (SSSR count). The van der Waals surface area contributed by atoms with Crippen molar-refractivity contribution in [2.45, 2.75) is 25.3 Å². The van der Waals surface area contributed by atoms with E-state index in [4.69, 9.17) is 4.74 Å². The standard InChI is InChI=1S/C18H18N2O6S/c1-9-5-3-4-6-12(9)15(22)19-13-16(23)20-14(18(24)25)11(7-26-10(2)21)8-27-17(13)20/h3-6,13,17H,7-8H2,1-2H3,(H,19,22)(H,24,25)/t13?,17-/m1/s1. The fourth-order valence-corrected chi connectivity index (χ4v) is 4.36. The number of hydrogen-bond acceptors (Lipinski definition) is 6. The van der Waals surface area contributed by atoms with Gasteiger partial charge in [-0.05, 0) is 18.6 Å². The van der Waals surface area contributed by atoms with Crippen LogP contribution in [0, 0.1) is 6.92 Å². The molecule has 0 saturated carbocycles. The van der Waals surface area contributed by atoms with Crippen LogP contribution in [0.15, 0.2) is 35.5 Å². The molecule has 0 spiro atoms. The maximum atomic E-state index is 12.5. The minimum Gasteiger partial charge on any atom is -0.477 e. The number of benzene rings is 1. The molecule has 9 heteroatoms. The summed E-state index contributed by atoms with van der Waals surface area (Å²) in [4.78, 5) is 48.8. The first-order chi connectivity index (χ1) is 12.8. The molecule has 8 nitrogen and oxygen atoms in total. The number of carbonyl (C=O) groups is 4. The minimum absolute atomic E-state index is 0.175. The molecule has 1 unspecified atom stereocenters. The Morgan fingerprint density at radius 2 is 2.04 bits per heavy atom. The average molecular weight is 390 g/mol. The van der Waals surface area contributed by atoms with Crippen LogP contribution >= 0.6 is 11.8 Å². The van der Waals surface area contributed by atoms with E-state index in [9.17, 15) is 24.3 Å². The van der Waals surface area contributed by atoms with Gasteiger partial charge in [0.25, 0.3) is 11.8 Å². The fraction of sp³-hybridized carbons (Fsp3) is 0.333. The minimum atomic E-state index is -1.26. The molecule has 2 atom stereocenters. The average Bonchev–Trinajstić information content (AvgIpc) is 2.63. The number of carbonyl (C=O) groups excluding carboxylic acids is 3. The van der Waals surface area contributed by atoms with Gasteiger partial charge in [0.05, 0.1) is 0 Å². The summed E-state index contributed by atoms with van der Waals surface area (Å²) in [6.07, 6.45) is 0. The van der Waals surface area contributed by atoms with Crippen molar-refractivity contribution in [1.29, 1.82) is 0 Å². The van der Waals surface area contributed by atoms with Gasteiger partial charge in [-0.1, -0.05) is 18.2 Å². The first-order valence-corrected chi connectivity index (χ1v) is 9.26. The van der Waals surface area contributed by atoms with Crippen LogP contribution < -0.4 is 5.32 Å². The maximum absolute atomic E-state index is 12.5. The predicted molar refractivity (Wildman–Crippen MR) is 96.8 cm³/mol. The molecular formula is C18H18N2O6S. The van der Waals surface area contributed by atoms with Crippen LogP contribution in [-0.4, -0.2) is 57.5 Å². The molecule has 0 radical (unpaired) electrons. The number of hydrogen-bond donors (Lipinski definition) is 2. The van der Waals surface area contributed by atoms with Crippen molar-refractivity contribution in [2.75, 3.05) is 12.4 Å². The molecule has 2 N–H and O–H groups in total. The van der Waals surface area contributed by atoms with Crippen LogP contribution in [0.25, 0.3) is 0 Å². The lowest BCUT2D eigenvalue weighted by Gasteiger charge is -2.49. The van der Waals surface area contributed by atoms with E-state index in [1.165, 1.54) is 18.7 Å². The summed E-state index contributed by atoms with van der Waals surface area (Å²) in [5.41, 5.74) is 1.43. The molecule has 27 heavy (non-hydrogen) atoms. The molecule has 2 amide bonds. The van der Waals surface area contributed by atoms with Gasteiger partial charge >= 0.3 is 11.9 Å². The third-order valence-corrected chi connectivity index (χ3v) is 5.72. The number of esters is 1. The smallest absolute Gasteiger partial charge is 0.352 e. The largest absolute Gasteiger partial charge is 0.477 e. The lowest BCUT2D eigenvalue weighted by molar-refractivity contribution is -0.149. The van der Waals surface area contributed by atoms with Crippen LogP contribution in [-0.2, 0) is 19.1 Å². The lowest BCUT2D eigenvalue weighted by Crippen LogP contribution is -2.70. The molecular weight excluding hydrogens is 372 g/mol. The Morgan fingerprint density at radius 3 is 2.67 bits per heavy atom. The van der Waals surface area contributed by atoms with Crippen LogP contribution in [0.1, 0.15) is 22.8 Å². The van der Waals surface area contributed by atoms with Gasteiger partial charge in [-0.15, -0.1) is 11.8 Å². The first kappa shape index (κ1) is 19.0. The SMILES string of the molecule is CC(=O)OCC1=C(C(=O)O)N2C(=O)C(NC(=O)c3ccccc3C)[C@H]2SC1. The number of fused-ring (bicyclic) bond motifs is 1. The first-order valence-electron chi connectivity index (χ1n) is 8.21. The summed E-state index contributed by atoms with van der Waals surface area (Å²) in [5, 5.41) is 11.7. The summed E-state index contributed by atoms with van der Waals surface area (Å²) in [5.74, 6) is -2.37. The van der Waals surface area contributed by atoms with Crippen molar-refractivity contribution in [1.82, 2.24) is 10.2 Å². The van der Waals surface area contributed by atoms with Gasteiger partial charge in [-0.2, -0.15) is 0 Å². The van der Waals surface area contributed by atoms with Gasteiger partial charge in [-0.25, -0.2) is 4.79 Å². The molecule has 142 valence electrons. The molecule has 2 aliphatic heterocycles. The van der Waals surface area contributed by atoms with Crippen LogP contribution in [0.5, 0.6) is 0 Å². The number of aryl methyl sites for hydroxylation is 1. The molecule has 1 fully saturated rings. The van der Waals surface area contributed by atoms with Gasteiger partial charge in [-0.3, -0.25) is 19.3 Å². The molecule has 0 bridgehead atoms. The maximum Gasteiger partial charge on any atom is 0.352 e. The Bertz CT molecular complexity index is 865. The normalized spacial score (nSPS) is 21.3. The highest BCUT2D eigenvalue weighted by Gasteiger charge is 2.54. The number of nitrogens with zero attached hydrogens (tertiary/aromatic N) is 1. The number of rotatable bonds is 5. The van der Waals surface area contributed by atoms with E-state index >= 15 is 0 Å². The van der Waals surface area contributed by atoms with Gasteiger partial charge in [0.15, 0.2) is 0 Å². The van der Waals surface area contributed by atoms with Crippen LogP contribution in [0.3, 0.4) is 0 Å². The molecule has 2 heterocycles. The highest BCUT2D eigenvalue weighted by atomic mass is 32.2. The molecule has 0 aromatic heterocycles. The van der Waals surface area contributed by atoms with Crippen molar-refractivity contribution in [3.05, 3.63) is 46.7 Å². The van der Waals surface area contributed by atoms with E-state index in [0.29, 0.717) is 16.9 Å². The second-order valence-corrected chi connectivity index (χ2v) is 7.32. The number of thioether (sulfide) groups is 1. The zero-order valence-electron chi connectivity index (χ0n) is 14.7. The fourth-order valence-electron chi connectivity index (χ4n) is 3.03. The third-order valence-electron chi connectivity index (χ3n) is 4.38. The number of amides is 2. The van der Waals surface area contributed by atoms with Gasteiger partial charge in [0.2, 0.25) is 0 Å². The second-order valence-electron chi connectivity index (χ2n) is 6.21. The van der Waals surface area contributed by atoms with E-state index in [-0.39, 0.29) is 18.2 Å². The van der Waals surface area contributed by atoms with Crippen LogP contribution in [0.2, 0.25) is 0 Å². The number of aliphatic carboxylic acids is 1. The van der Waals surface area contributed by atoms with Gasteiger partial charge in [0.1, 0.15) is 23.7 Å². The third kappa shape index (κ3) is 3.55. The molecule has 0 aliphatic carbocycles. The van der Waals surface area contributed by atoms with Crippen molar-refractivity contribution < 1.29 is 29.0 Å². The summed E-state index contributed by atoms with van der Waals surface area (Å²) in [6.45, 7) is 2.85. The van der Waals surface area contributed by atoms with E-state index < -0.39 is 29.3 Å². The quantitative estimate of drug-likeness (QED) is 0.567. The molecule has 1 aromatic carbocycles.